The highest BCUT2D eigenvalue weighted by Gasteiger charge is 2.36. The third-order valence-electron chi connectivity index (χ3n) is 5.24. The molecular weight excluding hydrogens is 507 g/mol. The lowest BCUT2D eigenvalue weighted by Gasteiger charge is -2.36. The molecule has 0 aromatic carbocycles. The Hall–Kier alpha value is -4.01. The van der Waals surface area contributed by atoms with E-state index in [9.17, 15) is 14.0 Å². The van der Waals surface area contributed by atoms with Gasteiger partial charge >= 0.3 is 6.09 Å². The van der Waals surface area contributed by atoms with Gasteiger partial charge in [0.1, 0.15) is 17.1 Å². The monoisotopic (exact) mass is 538 g/mol. The first kappa shape index (κ1) is 30.2. The van der Waals surface area contributed by atoms with Gasteiger partial charge in [0.05, 0.1) is 28.5 Å². The number of halogens is 2. The third-order valence-corrected chi connectivity index (χ3v) is 5.52. The maximum Gasteiger partial charge on any atom is 0.407 e. The van der Waals surface area contributed by atoms with Crippen molar-refractivity contribution in [2.45, 2.75) is 65.1 Å². The van der Waals surface area contributed by atoms with Crippen LogP contribution in [0.1, 0.15) is 64.0 Å². The molecule has 7 nitrogen and oxygen atoms in total. The van der Waals surface area contributed by atoms with Gasteiger partial charge in [-0.15, -0.1) is 6.42 Å². The molecule has 38 heavy (non-hydrogen) atoms. The predicted molar refractivity (Wildman–Crippen MR) is 148 cm³/mol. The molecule has 1 heterocycles. The highest BCUT2D eigenvalue weighted by Crippen LogP contribution is 2.34. The summed E-state index contributed by atoms with van der Waals surface area (Å²) in [5, 5.41) is 9.53. The zero-order valence-corrected chi connectivity index (χ0v) is 22.9. The molecule has 1 saturated carbocycles. The van der Waals surface area contributed by atoms with Gasteiger partial charge in [-0.25, -0.2) is 9.18 Å². The van der Waals surface area contributed by atoms with Gasteiger partial charge < -0.3 is 15.4 Å². The SMILES string of the molecule is C#C/C(C#CC(=C/C)/C=C(/F)C(=C)NC(=O)c1c(Cl)cnn1C1CC(NC(=O)OC(C)(C)C)C1)=C\C=C/C. The molecule has 2 rings (SSSR count). The molecule has 1 aromatic rings. The number of allylic oxidation sites excluding steroid dienone is 8. The van der Waals surface area contributed by atoms with E-state index in [4.69, 9.17) is 22.8 Å². The summed E-state index contributed by atoms with van der Waals surface area (Å²) in [7, 11) is 0. The van der Waals surface area contributed by atoms with Gasteiger partial charge in [-0.1, -0.05) is 54.2 Å². The highest BCUT2D eigenvalue weighted by molar-refractivity contribution is 6.33. The van der Waals surface area contributed by atoms with Crippen molar-refractivity contribution >= 4 is 23.6 Å². The average Bonchev–Trinajstić information content (AvgIpc) is 3.19. The molecule has 0 radical (unpaired) electrons. The molecule has 0 spiro atoms. The van der Waals surface area contributed by atoms with Crippen LogP contribution in [0.3, 0.4) is 0 Å². The number of rotatable bonds is 7. The van der Waals surface area contributed by atoms with E-state index in [1.54, 1.807) is 45.9 Å². The summed E-state index contributed by atoms with van der Waals surface area (Å²) in [6.07, 6.45) is 15.3. The van der Waals surface area contributed by atoms with Crippen LogP contribution in [0.15, 0.2) is 65.8 Å². The summed E-state index contributed by atoms with van der Waals surface area (Å²) in [5.41, 5.74) is -0.0138. The Balaban J connectivity index is 2.06. The van der Waals surface area contributed by atoms with E-state index < -0.39 is 23.4 Å². The largest absolute Gasteiger partial charge is 0.444 e. The first-order chi connectivity index (χ1) is 17.9. The Morgan fingerprint density at radius 3 is 2.58 bits per heavy atom. The van der Waals surface area contributed by atoms with Crippen LogP contribution in [-0.2, 0) is 4.74 Å². The van der Waals surface area contributed by atoms with Gasteiger partial charge in [0.15, 0.2) is 0 Å². The molecule has 9 heteroatoms. The molecule has 1 aliphatic carbocycles. The number of aromatic nitrogens is 2. The van der Waals surface area contributed by atoms with Crippen LogP contribution >= 0.6 is 11.6 Å². The number of alkyl carbamates (subject to hydrolysis) is 1. The van der Waals surface area contributed by atoms with Crippen LogP contribution in [-0.4, -0.2) is 33.4 Å². The average molecular weight is 539 g/mol. The second-order valence-electron chi connectivity index (χ2n) is 9.42. The summed E-state index contributed by atoms with van der Waals surface area (Å²) in [6.45, 7) is 12.5. The molecule has 200 valence electrons. The van der Waals surface area contributed by atoms with Gasteiger partial charge in [-0.05, 0) is 59.6 Å². The van der Waals surface area contributed by atoms with Crippen molar-refractivity contribution < 1.29 is 18.7 Å². The van der Waals surface area contributed by atoms with Crippen molar-refractivity contribution in [2.75, 3.05) is 0 Å². The number of terminal acetylenes is 1. The minimum Gasteiger partial charge on any atom is -0.444 e. The number of nitrogens with one attached hydrogen (secondary N) is 2. The minimum atomic E-state index is -0.784. The third kappa shape index (κ3) is 8.83. The van der Waals surface area contributed by atoms with Gasteiger partial charge in [-0.2, -0.15) is 5.10 Å². The van der Waals surface area contributed by atoms with Crippen molar-refractivity contribution in [3.05, 3.63) is 76.5 Å². The Kier molecular flexibility index (Phi) is 10.7. The van der Waals surface area contributed by atoms with Crippen LogP contribution in [0.4, 0.5) is 9.18 Å². The first-order valence-electron chi connectivity index (χ1n) is 12.0. The number of carbonyl (C=O) groups is 2. The summed E-state index contributed by atoms with van der Waals surface area (Å²) >= 11 is 6.22. The topological polar surface area (TPSA) is 85.3 Å². The molecule has 1 fully saturated rings. The van der Waals surface area contributed by atoms with Gasteiger partial charge in [0.2, 0.25) is 0 Å². The van der Waals surface area contributed by atoms with Crippen molar-refractivity contribution in [1.29, 1.82) is 0 Å². The number of hydrogen-bond donors (Lipinski definition) is 2. The molecule has 0 atom stereocenters. The Morgan fingerprint density at radius 2 is 2.00 bits per heavy atom. The zero-order chi connectivity index (χ0) is 28.5. The van der Waals surface area contributed by atoms with E-state index >= 15 is 0 Å². The quantitative estimate of drug-likeness (QED) is 0.332. The number of carbonyl (C=O) groups excluding carboxylic acids is 2. The standard InChI is InChI=1S/C29H32ClFN4O3/c1-8-11-12-20(9-2)13-14-21(10-3)15-25(31)19(4)33-27(36)26-24(30)18-32-35(26)23-16-22(17-23)34-28(37)38-29(5,6)7/h2,8,10-12,15,18,22-23H,4,16-17H2,1,3,5-7H3,(H,33,36)(H,34,37)/b11-8-,20-12+,21-10-,25-15+. The van der Waals surface area contributed by atoms with E-state index in [0.29, 0.717) is 24.0 Å². The lowest BCUT2D eigenvalue weighted by Crippen LogP contribution is -2.47. The number of amides is 2. The molecule has 2 amide bonds. The van der Waals surface area contributed by atoms with Crippen LogP contribution in [0, 0.1) is 24.2 Å². The fourth-order valence-corrected chi connectivity index (χ4v) is 3.56. The van der Waals surface area contributed by atoms with Gasteiger partial charge in [0.25, 0.3) is 5.91 Å². The second-order valence-corrected chi connectivity index (χ2v) is 9.83. The Morgan fingerprint density at radius 1 is 1.32 bits per heavy atom. The molecular formula is C29H32ClFN4O3. The van der Waals surface area contributed by atoms with Crippen LogP contribution in [0.25, 0.3) is 0 Å². The molecule has 1 aliphatic rings. The Labute approximate surface area is 228 Å². The summed E-state index contributed by atoms with van der Waals surface area (Å²) in [4.78, 5) is 24.9. The normalized spacial score (nSPS) is 18.1. The highest BCUT2D eigenvalue weighted by atomic mass is 35.5. The number of hydrogen-bond acceptors (Lipinski definition) is 4. The smallest absolute Gasteiger partial charge is 0.407 e. The van der Waals surface area contributed by atoms with Crippen molar-refractivity contribution in [2.24, 2.45) is 0 Å². The van der Waals surface area contributed by atoms with Crippen LogP contribution in [0.2, 0.25) is 5.02 Å². The van der Waals surface area contributed by atoms with Crippen LogP contribution in [0.5, 0.6) is 0 Å². The maximum absolute atomic E-state index is 14.8. The summed E-state index contributed by atoms with van der Waals surface area (Å²) in [6, 6.07) is -0.310. The zero-order valence-electron chi connectivity index (χ0n) is 22.2. The molecule has 0 bridgehead atoms. The van der Waals surface area contributed by atoms with E-state index in [-0.39, 0.29) is 28.5 Å². The number of nitrogens with zero attached hydrogens (tertiary/aromatic N) is 2. The van der Waals surface area contributed by atoms with Crippen molar-refractivity contribution in [1.82, 2.24) is 20.4 Å². The minimum absolute atomic E-state index is 0.0696. The number of ether oxygens (including phenoxy) is 1. The van der Waals surface area contributed by atoms with E-state index in [1.165, 1.54) is 10.9 Å². The predicted octanol–water partition coefficient (Wildman–Crippen LogP) is 5.95. The van der Waals surface area contributed by atoms with Crippen molar-refractivity contribution in [3.8, 4) is 24.2 Å². The fraction of sp³-hybridized carbons (Fsp3) is 0.345. The first-order valence-corrected chi connectivity index (χ1v) is 12.3. The van der Waals surface area contributed by atoms with E-state index in [0.717, 1.165) is 6.08 Å². The van der Waals surface area contributed by atoms with Crippen LogP contribution < -0.4 is 10.6 Å². The van der Waals surface area contributed by atoms with Crippen molar-refractivity contribution in [3.63, 3.8) is 0 Å². The van der Waals surface area contributed by atoms with Gasteiger partial charge in [0, 0.05) is 11.6 Å². The molecule has 0 saturated heterocycles. The van der Waals surface area contributed by atoms with E-state index in [1.807, 2.05) is 13.0 Å². The van der Waals surface area contributed by atoms with Gasteiger partial charge in [-0.3, -0.25) is 9.48 Å². The molecule has 2 N–H and O–H groups in total. The molecule has 0 unspecified atom stereocenters. The fourth-order valence-electron chi connectivity index (χ4n) is 3.34. The maximum atomic E-state index is 14.8. The Bertz CT molecular complexity index is 1300. The lowest BCUT2D eigenvalue weighted by molar-refractivity contribution is 0.0450. The van der Waals surface area contributed by atoms with E-state index in [2.05, 4.69) is 40.1 Å². The molecule has 1 aromatic heterocycles. The lowest BCUT2D eigenvalue weighted by atomic mass is 9.87. The second kappa shape index (κ2) is 13.5. The molecule has 0 aliphatic heterocycles. The summed E-state index contributed by atoms with van der Waals surface area (Å²) in [5.74, 6) is 6.60. The summed E-state index contributed by atoms with van der Waals surface area (Å²) < 4.78 is 21.6.